The van der Waals surface area contributed by atoms with Gasteiger partial charge in [0.15, 0.2) is 0 Å². The van der Waals surface area contributed by atoms with Gasteiger partial charge in [0.05, 0.1) is 5.60 Å². The topological polar surface area (TPSA) is 42.1 Å². The standard InChI is InChI=1S/C15H23NO3/c1-13(2,3)18-12(17)16-10-4-5-11(16)9-15(8-10)14(19-15)6-7-14/h10-11H,4-9H2,1-3H3/t10-,11?,15?/m1/s1. The molecule has 0 aromatic carbocycles. The summed E-state index contributed by atoms with van der Waals surface area (Å²) < 4.78 is 11.6. The summed E-state index contributed by atoms with van der Waals surface area (Å²) in [5, 5.41) is 0. The van der Waals surface area contributed by atoms with Gasteiger partial charge in [-0.05, 0) is 59.3 Å². The van der Waals surface area contributed by atoms with Crippen molar-refractivity contribution in [1.29, 1.82) is 0 Å². The van der Waals surface area contributed by atoms with Gasteiger partial charge in [-0.1, -0.05) is 0 Å². The fraction of sp³-hybridized carbons (Fsp3) is 0.933. The maximum Gasteiger partial charge on any atom is 0.410 e. The van der Waals surface area contributed by atoms with E-state index in [-0.39, 0.29) is 17.3 Å². The van der Waals surface area contributed by atoms with Crippen LogP contribution in [0.5, 0.6) is 0 Å². The van der Waals surface area contributed by atoms with Crippen LogP contribution >= 0.6 is 0 Å². The van der Waals surface area contributed by atoms with E-state index in [1.54, 1.807) is 0 Å². The van der Waals surface area contributed by atoms with Crippen molar-refractivity contribution in [3.8, 4) is 0 Å². The van der Waals surface area contributed by atoms with Crippen molar-refractivity contribution in [2.75, 3.05) is 0 Å². The second kappa shape index (κ2) is 3.27. The van der Waals surface area contributed by atoms with Gasteiger partial charge in [-0.3, -0.25) is 0 Å². The van der Waals surface area contributed by atoms with Gasteiger partial charge in [-0.2, -0.15) is 0 Å². The third-order valence-corrected chi connectivity index (χ3v) is 5.24. The maximum atomic E-state index is 12.3. The molecule has 2 unspecified atom stereocenters. The van der Waals surface area contributed by atoms with Crippen LogP contribution in [-0.2, 0) is 9.47 Å². The van der Waals surface area contributed by atoms with Crippen LogP contribution in [0.25, 0.3) is 0 Å². The SMILES string of the molecule is CC(C)(C)OC(=O)N1C2CC[C@@H]1CC1(C2)OC12CC2. The van der Waals surface area contributed by atoms with Crippen LogP contribution in [0.3, 0.4) is 0 Å². The summed E-state index contributed by atoms with van der Waals surface area (Å²) in [4.78, 5) is 14.4. The summed E-state index contributed by atoms with van der Waals surface area (Å²) >= 11 is 0. The van der Waals surface area contributed by atoms with Crippen molar-refractivity contribution in [3.63, 3.8) is 0 Å². The Morgan fingerprint density at radius 3 is 2.16 bits per heavy atom. The van der Waals surface area contributed by atoms with Crippen molar-refractivity contribution < 1.29 is 14.3 Å². The molecule has 4 fully saturated rings. The van der Waals surface area contributed by atoms with Crippen LogP contribution in [-0.4, -0.2) is 39.9 Å². The molecule has 4 heteroatoms. The van der Waals surface area contributed by atoms with Crippen LogP contribution in [0.15, 0.2) is 0 Å². The van der Waals surface area contributed by atoms with Gasteiger partial charge in [0.2, 0.25) is 0 Å². The van der Waals surface area contributed by atoms with E-state index in [0.29, 0.717) is 12.1 Å². The molecule has 3 heterocycles. The van der Waals surface area contributed by atoms with Crippen molar-refractivity contribution >= 4 is 6.09 Å². The molecule has 106 valence electrons. The number of hydrogen-bond donors (Lipinski definition) is 0. The Hall–Kier alpha value is -0.770. The molecule has 1 saturated carbocycles. The molecule has 2 bridgehead atoms. The highest BCUT2D eigenvalue weighted by atomic mass is 16.6. The minimum Gasteiger partial charge on any atom is -0.444 e. The number of carbonyl (C=O) groups excluding carboxylic acids is 1. The molecule has 3 aliphatic heterocycles. The van der Waals surface area contributed by atoms with E-state index < -0.39 is 5.60 Å². The number of ether oxygens (including phenoxy) is 2. The monoisotopic (exact) mass is 265 g/mol. The van der Waals surface area contributed by atoms with Gasteiger partial charge in [0, 0.05) is 12.1 Å². The lowest BCUT2D eigenvalue weighted by molar-refractivity contribution is -0.00106. The molecule has 4 nitrogen and oxygen atoms in total. The lowest BCUT2D eigenvalue weighted by Crippen LogP contribution is -2.51. The highest BCUT2D eigenvalue weighted by Crippen LogP contribution is 2.70. The van der Waals surface area contributed by atoms with Gasteiger partial charge in [-0.25, -0.2) is 4.79 Å². The number of amides is 1. The predicted molar refractivity (Wildman–Crippen MR) is 69.9 cm³/mol. The second-order valence-corrected chi connectivity index (χ2v) is 7.77. The molecule has 0 aromatic rings. The number of nitrogens with zero attached hydrogens (tertiary/aromatic N) is 1. The molecule has 0 aromatic heterocycles. The van der Waals surface area contributed by atoms with Crippen LogP contribution < -0.4 is 0 Å². The van der Waals surface area contributed by atoms with Crippen LogP contribution in [0.1, 0.15) is 59.3 Å². The number of fused-ring (bicyclic) bond motifs is 3. The largest absolute Gasteiger partial charge is 0.444 e. The van der Waals surface area contributed by atoms with E-state index in [2.05, 4.69) is 0 Å². The third-order valence-electron chi connectivity index (χ3n) is 5.24. The molecule has 1 aliphatic carbocycles. The van der Waals surface area contributed by atoms with Crippen LogP contribution in [0, 0.1) is 0 Å². The molecule has 19 heavy (non-hydrogen) atoms. The molecule has 3 atom stereocenters. The van der Waals surface area contributed by atoms with Crippen molar-refractivity contribution in [2.45, 2.75) is 88.2 Å². The highest BCUT2D eigenvalue weighted by Gasteiger charge is 2.79. The molecule has 3 saturated heterocycles. The first-order valence-electron chi connectivity index (χ1n) is 7.56. The fourth-order valence-corrected chi connectivity index (χ4v) is 4.29. The first-order valence-corrected chi connectivity index (χ1v) is 7.56. The highest BCUT2D eigenvalue weighted by molar-refractivity contribution is 5.70. The predicted octanol–water partition coefficient (Wildman–Crippen LogP) is 2.85. The average molecular weight is 265 g/mol. The molecule has 1 amide bonds. The zero-order valence-electron chi connectivity index (χ0n) is 12.1. The zero-order chi connectivity index (χ0) is 13.5. The van der Waals surface area contributed by atoms with Crippen molar-refractivity contribution in [1.82, 2.24) is 4.90 Å². The molecule has 0 radical (unpaired) electrons. The number of carbonyl (C=O) groups is 1. The van der Waals surface area contributed by atoms with E-state index in [1.165, 1.54) is 12.8 Å². The van der Waals surface area contributed by atoms with Gasteiger partial charge >= 0.3 is 6.09 Å². The first-order chi connectivity index (χ1) is 8.84. The minimum atomic E-state index is -0.403. The summed E-state index contributed by atoms with van der Waals surface area (Å²) in [6, 6.07) is 0.683. The fourth-order valence-electron chi connectivity index (χ4n) is 4.29. The number of hydrogen-bond acceptors (Lipinski definition) is 3. The number of epoxide rings is 1. The number of piperidine rings is 1. The summed E-state index contributed by atoms with van der Waals surface area (Å²) in [6.07, 6.45) is 6.64. The average Bonchev–Trinajstić information content (AvgIpc) is 3.12. The van der Waals surface area contributed by atoms with Gasteiger partial charge in [-0.15, -0.1) is 0 Å². The molecular formula is C15H23NO3. The summed E-state index contributed by atoms with van der Waals surface area (Å²) in [6.45, 7) is 5.80. The van der Waals surface area contributed by atoms with E-state index in [4.69, 9.17) is 9.47 Å². The Bertz CT molecular complexity index is 421. The summed E-state index contributed by atoms with van der Waals surface area (Å²) in [5.74, 6) is 0. The van der Waals surface area contributed by atoms with E-state index >= 15 is 0 Å². The molecule has 4 aliphatic rings. The Balaban J connectivity index is 1.49. The summed E-state index contributed by atoms with van der Waals surface area (Å²) in [5.41, 5.74) is -0.0232. The molecular weight excluding hydrogens is 242 g/mol. The minimum absolute atomic E-state index is 0.125. The van der Waals surface area contributed by atoms with E-state index in [0.717, 1.165) is 25.7 Å². The van der Waals surface area contributed by atoms with Crippen LogP contribution in [0.2, 0.25) is 0 Å². The smallest absolute Gasteiger partial charge is 0.410 e. The van der Waals surface area contributed by atoms with Gasteiger partial charge in [0.25, 0.3) is 0 Å². The van der Waals surface area contributed by atoms with Crippen LogP contribution in [0.4, 0.5) is 4.79 Å². The third kappa shape index (κ3) is 1.65. The van der Waals surface area contributed by atoms with Crippen molar-refractivity contribution in [2.24, 2.45) is 0 Å². The van der Waals surface area contributed by atoms with Crippen molar-refractivity contribution in [3.05, 3.63) is 0 Å². The lowest BCUT2D eigenvalue weighted by atomic mass is 9.86. The molecule has 0 N–H and O–H groups in total. The Kier molecular flexibility index (Phi) is 2.07. The summed E-state index contributed by atoms with van der Waals surface area (Å²) in [7, 11) is 0. The van der Waals surface area contributed by atoms with E-state index in [1.807, 2.05) is 25.7 Å². The van der Waals surface area contributed by atoms with Gasteiger partial charge in [0.1, 0.15) is 11.2 Å². The maximum absolute atomic E-state index is 12.3. The Morgan fingerprint density at radius 2 is 1.74 bits per heavy atom. The molecule has 4 rings (SSSR count). The second-order valence-electron chi connectivity index (χ2n) is 7.77. The lowest BCUT2D eigenvalue weighted by Gasteiger charge is -2.38. The normalized spacial score (nSPS) is 41.7. The Morgan fingerprint density at radius 1 is 1.16 bits per heavy atom. The Labute approximate surface area is 114 Å². The number of rotatable bonds is 0. The van der Waals surface area contributed by atoms with E-state index in [9.17, 15) is 4.79 Å². The quantitative estimate of drug-likeness (QED) is 0.632. The zero-order valence-corrected chi connectivity index (χ0v) is 12.1. The van der Waals surface area contributed by atoms with Gasteiger partial charge < -0.3 is 14.4 Å². The molecule has 2 spiro atoms. The first kappa shape index (κ1) is 12.0.